The molecule has 0 radical (unpaired) electrons. The summed E-state index contributed by atoms with van der Waals surface area (Å²) >= 11 is 0. The van der Waals surface area contributed by atoms with E-state index in [0.717, 1.165) is 0 Å². The molecule has 4 nitrogen and oxygen atoms in total. The van der Waals surface area contributed by atoms with Crippen molar-refractivity contribution < 1.29 is 9.84 Å². The average molecular weight is 230 g/mol. The van der Waals surface area contributed by atoms with Crippen molar-refractivity contribution >= 4 is 0 Å². The van der Waals surface area contributed by atoms with Crippen LogP contribution in [0, 0.1) is 0 Å². The van der Waals surface area contributed by atoms with Crippen LogP contribution in [-0.2, 0) is 0 Å². The maximum absolute atomic E-state index is 9.60. The molecule has 88 valence electrons. The second-order valence-electron chi connectivity index (χ2n) is 3.63. The summed E-state index contributed by atoms with van der Waals surface area (Å²) in [5, 5.41) is 9.60. The Hall–Kier alpha value is -1.94. The van der Waals surface area contributed by atoms with Crippen LogP contribution in [0.5, 0.6) is 11.5 Å². The van der Waals surface area contributed by atoms with Crippen molar-refractivity contribution in [3.63, 3.8) is 0 Å². The zero-order valence-corrected chi connectivity index (χ0v) is 9.58. The minimum absolute atomic E-state index is 0.512. The standard InChI is InChI=1S/C13H14N2O2/c1-2-13(16)12-6-5-11(9-15-12)17-10-4-3-7-14-8-10/h3-9,13,16H,2H2,1H3/t13-/m0/s1. The van der Waals surface area contributed by atoms with E-state index in [1.54, 1.807) is 36.8 Å². The van der Waals surface area contributed by atoms with Gasteiger partial charge in [0.15, 0.2) is 0 Å². The number of ether oxygens (including phenoxy) is 1. The van der Waals surface area contributed by atoms with Gasteiger partial charge in [-0.25, -0.2) is 0 Å². The van der Waals surface area contributed by atoms with Crippen LogP contribution in [0.25, 0.3) is 0 Å². The van der Waals surface area contributed by atoms with Gasteiger partial charge in [0.1, 0.15) is 11.5 Å². The molecule has 0 amide bonds. The SMILES string of the molecule is CC[C@H](O)c1ccc(Oc2cccnc2)cn1. The molecule has 0 saturated carbocycles. The van der Waals surface area contributed by atoms with Gasteiger partial charge in [0, 0.05) is 6.20 Å². The van der Waals surface area contributed by atoms with E-state index in [0.29, 0.717) is 23.6 Å². The molecule has 2 rings (SSSR count). The van der Waals surface area contributed by atoms with E-state index in [9.17, 15) is 5.11 Å². The van der Waals surface area contributed by atoms with Crippen LogP contribution in [-0.4, -0.2) is 15.1 Å². The summed E-state index contributed by atoms with van der Waals surface area (Å²) in [6.45, 7) is 1.91. The minimum atomic E-state index is -0.512. The molecule has 1 atom stereocenters. The summed E-state index contributed by atoms with van der Waals surface area (Å²) in [6.07, 6.45) is 5.06. The van der Waals surface area contributed by atoms with E-state index >= 15 is 0 Å². The first-order valence-corrected chi connectivity index (χ1v) is 5.51. The van der Waals surface area contributed by atoms with E-state index in [-0.39, 0.29) is 0 Å². The maximum atomic E-state index is 9.60. The van der Waals surface area contributed by atoms with Gasteiger partial charge in [0.25, 0.3) is 0 Å². The van der Waals surface area contributed by atoms with Crippen molar-refractivity contribution in [1.82, 2.24) is 9.97 Å². The first-order valence-electron chi connectivity index (χ1n) is 5.51. The highest BCUT2D eigenvalue weighted by atomic mass is 16.5. The van der Waals surface area contributed by atoms with Gasteiger partial charge in [0.05, 0.1) is 24.2 Å². The third kappa shape index (κ3) is 3.01. The van der Waals surface area contributed by atoms with Crippen molar-refractivity contribution in [3.8, 4) is 11.5 Å². The molecule has 0 aliphatic heterocycles. The number of aliphatic hydroxyl groups excluding tert-OH is 1. The quantitative estimate of drug-likeness (QED) is 0.877. The third-order valence-corrected chi connectivity index (χ3v) is 2.36. The molecule has 1 N–H and O–H groups in total. The van der Waals surface area contributed by atoms with Crippen LogP contribution in [0.3, 0.4) is 0 Å². The van der Waals surface area contributed by atoms with Crippen LogP contribution in [0.15, 0.2) is 42.9 Å². The Morgan fingerprint density at radius 1 is 1.24 bits per heavy atom. The van der Waals surface area contributed by atoms with Crippen LogP contribution >= 0.6 is 0 Å². The van der Waals surface area contributed by atoms with E-state index in [1.165, 1.54) is 0 Å². The number of hydrogen-bond donors (Lipinski definition) is 1. The molecule has 0 aromatic carbocycles. The summed E-state index contributed by atoms with van der Waals surface area (Å²) < 4.78 is 5.54. The summed E-state index contributed by atoms with van der Waals surface area (Å²) in [5.74, 6) is 1.29. The van der Waals surface area contributed by atoms with Crippen molar-refractivity contribution in [2.45, 2.75) is 19.4 Å². The van der Waals surface area contributed by atoms with Gasteiger partial charge in [-0.05, 0) is 30.7 Å². The lowest BCUT2D eigenvalue weighted by Crippen LogP contribution is -1.98. The predicted octanol–water partition coefficient (Wildman–Crippen LogP) is 2.71. The zero-order valence-electron chi connectivity index (χ0n) is 9.58. The lowest BCUT2D eigenvalue weighted by atomic mass is 10.2. The molecular weight excluding hydrogens is 216 g/mol. The van der Waals surface area contributed by atoms with Crippen molar-refractivity contribution in [3.05, 3.63) is 48.5 Å². The number of rotatable bonds is 4. The first-order chi connectivity index (χ1) is 8.29. The van der Waals surface area contributed by atoms with E-state index in [2.05, 4.69) is 9.97 Å². The Kier molecular flexibility index (Phi) is 3.67. The number of pyridine rings is 2. The normalized spacial score (nSPS) is 12.1. The first kappa shape index (κ1) is 11.5. The molecule has 0 bridgehead atoms. The molecule has 0 aliphatic carbocycles. The molecule has 4 heteroatoms. The van der Waals surface area contributed by atoms with Gasteiger partial charge in [-0.2, -0.15) is 0 Å². The Morgan fingerprint density at radius 3 is 2.65 bits per heavy atom. The highest BCUT2D eigenvalue weighted by Crippen LogP contribution is 2.21. The molecule has 0 saturated heterocycles. The van der Waals surface area contributed by atoms with Crippen molar-refractivity contribution in [1.29, 1.82) is 0 Å². The fourth-order valence-electron chi connectivity index (χ4n) is 1.40. The minimum Gasteiger partial charge on any atom is -0.454 e. The molecule has 17 heavy (non-hydrogen) atoms. The van der Waals surface area contributed by atoms with Gasteiger partial charge in [-0.3, -0.25) is 9.97 Å². The third-order valence-electron chi connectivity index (χ3n) is 2.36. The van der Waals surface area contributed by atoms with Crippen LogP contribution in [0.1, 0.15) is 25.1 Å². The predicted molar refractivity (Wildman–Crippen MR) is 63.8 cm³/mol. The van der Waals surface area contributed by atoms with Crippen molar-refractivity contribution in [2.24, 2.45) is 0 Å². The Morgan fingerprint density at radius 2 is 2.06 bits per heavy atom. The fraction of sp³-hybridized carbons (Fsp3) is 0.231. The molecule has 0 aliphatic rings. The molecule has 2 aromatic rings. The second-order valence-corrected chi connectivity index (χ2v) is 3.63. The molecule has 0 spiro atoms. The van der Waals surface area contributed by atoms with Crippen molar-refractivity contribution in [2.75, 3.05) is 0 Å². The Bertz CT molecular complexity index is 457. The van der Waals surface area contributed by atoms with E-state index < -0.39 is 6.10 Å². The lowest BCUT2D eigenvalue weighted by molar-refractivity contribution is 0.169. The number of nitrogens with zero attached hydrogens (tertiary/aromatic N) is 2. The number of aromatic nitrogens is 2. The second kappa shape index (κ2) is 5.41. The van der Waals surface area contributed by atoms with Gasteiger partial charge in [-0.15, -0.1) is 0 Å². The van der Waals surface area contributed by atoms with Gasteiger partial charge >= 0.3 is 0 Å². The summed E-state index contributed by atoms with van der Waals surface area (Å²) in [5.41, 5.74) is 0.658. The molecule has 2 aromatic heterocycles. The number of aliphatic hydroxyl groups is 1. The maximum Gasteiger partial charge on any atom is 0.145 e. The summed E-state index contributed by atoms with van der Waals surface area (Å²) in [7, 11) is 0. The molecule has 0 fully saturated rings. The molecule has 0 unspecified atom stereocenters. The largest absolute Gasteiger partial charge is 0.454 e. The van der Waals surface area contributed by atoms with Gasteiger partial charge < -0.3 is 9.84 Å². The monoisotopic (exact) mass is 230 g/mol. The van der Waals surface area contributed by atoms with Gasteiger partial charge in [-0.1, -0.05) is 6.92 Å². The summed E-state index contributed by atoms with van der Waals surface area (Å²) in [6, 6.07) is 7.17. The van der Waals surface area contributed by atoms with Crippen LogP contribution < -0.4 is 4.74 Å². The number of hydrogen-bond acceptors (Lipinski definition) is 4. The smallest absolute Gasteiger partial charge is 0.145 e. The Labute approximate surface area is 99.9 Å². The zero-order chi connectivity index (χ0) is 12.1. The molecular formula is C13H14N2O2. The van der Waals surface area contributed by atoms with Crippen LogP contribution in [0.4, 0.5) is 0 Å². The topological polar surface area (TPSA) is 55.2 Å². The average Bonchev–Trinajstić information content (AvgIpc) is 2.40. The van der Waals surface area contributed by atoms with Crippen LogP contribution in [0.2, 0.25) is 0 Å². The molecule has 2 heterocycles. The van der Waals surface area contributed by atoms with E-state index in [1.807, 2.05) is 13.0 Å². The van der Waals surface area contributed by atoms with E-state index in [4.69, 9.17) is 4.74 Å². The van der Waals surface area contributed by atoms with Gasteiger partial charge in [0.2, 0.25) is 0 Å². The highest BCUT2D eigenvalue weighted by molar-refractivity contribution is 5.27. The fourth-order valence-corrected chi connectivity index (χ4v) is 1.40. The highest BCUT2D eigenvalue weighted by Gasteiger charge is 2.06. The summed E-state index contributed by atoms with van der Waals surface area (Å²) in [4.78, 5) is 8.10. The lowest BCUT2D eigenvalue weighted by Gasteiger charge is -2.08. The Balaban J connectivity index is 2.08.